The van der Waals surface area contributed by atoms with Crippen LogP contribution in [0.4, 0.5) is 17.6 Å². The lowest BCUT2D eigenvalue weighted by atomic mass is 10.3. The second-order valence-electron chi connectivity index (χ2n) is 7.32. The predicted octanol–water partition coefficient (Wildman–Crippen LogP) is 1.18. The highest BCUT2D eigenvalue weighted by atomic mass is 16.2. The number of pyridine rings is 1. The maximum atomic E-state index is 11.6. The maximum absolute atomic E-state index is 11.6. The highest BCUT2D eigenvalue weighted by Crippen LogP contribution is 2.21. The summed E-state index contributed by atoms with van der Waals surface area (Å²) in [6.07, 6.45) is 1.84. The molecular weight excluding hydrogens is 354 g/mol. The van der Waals surface area contributed by atoms with Gasteiger partial charge < -0.3 is 19.6 Å². The minimum atomic E-state index is 0.144. The third kappa shape index (κ3) is 4.00. The molecule has 0 radical (unpaired) electrons. The Morgan fingerprint density at radius 3 is 2.14 bits per heavy atom. The molecule has 0 unspecified atom stereocenters. The lowest BCUT2D eigenvalue weighted by Crippen LogP contribution is -2.49. The van der Waals surface area contributed by atoms with Crippen molar-refractivity contribution in [2.45, 2.75) is 13.8 Å². The van der Waals surface area contributed by atoms with E-state index in [1.807, 2.05) is 36.2 Å². The van der Waals surface area contributed by atoms with E-state index in [0.717, 1.165) is 75.6 Å². The molecular formula is C20H27N7O. The van der Waals surface area contributed by atoms with E-state index in [9.17, 15) is 4.79 Å². The van der Waals surface area contributed by atoms with Crippen molar-refractivity contribution in [1.29, 1.82) is 0 Å². The van der Waals surface area contributed by atoms with Gasteiger partial charge in [0.05, 0.1) is 0 Å². The molecule has 8 nitrogen and oxygen atoms in total. The summed E-state index contributed by atoms with van der Waals surface area (Å²) in [5.74, 6) is 2.92. The molecule has 0 spiro atoms. The molecule has 0 bridgehead atoms. The summed E-state index contributed by atoms with van der Waals surface area (Å²) >= 11 is 0. The first kappa shape index (κ1) is 18.5. The second-order valence-corrected chi connectivity index (χ2v) is 7.32. The van der Waals surface area contributed by atoms with Gasteiger partial charge in [-0.15, -0.1) is 0 Å². The summed E-state index contributed by atoms with van der Waals surface area (Å²) in [5, 5.41) is 0. The highest BCUT2D eigenvalue weighted by Gasteiger charge is 2.23. The number of hydrogen-bond donors (Lipinski definition) is 0. The van der Waals surface area contributed by atoms with Gasteiger partial charge in [-0.1, -0.05) is 6.07 Å². The smallest absolute Gasteiger partial charge is 0.227 e. The summed E-state index contributed by atoms with van der Waals surface area (Å²) in [6, 6.07) is 8.06. The monoisotopic (exact) mass is 381 g/mol. The summed E-state index contributed by atoms with van der Waals surface area (Å²) in [7, 11) is 0. The third-order valence-electron chi connectivity index (χ3n) is 5.41. The van der Waals surface area contributed by atoms with Gasteiger partial charge in [-0.25, -0.2) is 9.97 Å². The van der Waals surface area contributed by atoms with Crippen LogP contribution in [-0.4, -0.2) is 78.1 Å². The zero-order chi connectivity index (χ0) is 19.5. The quantitative estimate of drug-likeness (QED) is 0.791. The van der Waals surface area contributed by atoms with Crippen LogP contribution in [0.2, 0.25) is 0 Å². The predicted molar refractivity (Wildman–Crippen MR) is 110 cm³/mol. The molecule has 0 N–H and O–H groups in total. The number of anilines is 3. The Morgan fingerprint density at radius 1 is 0.857 bits per heavy atom. The SMILES string of the molecule is CC(=O)N1CCN(c2cc(C)nc(N3CCN(c4ccccn4)CC3)n2)CC1. The molecule has 2 aromatic rings. The average Bonchev–Trinajstić information content (AvgIpc) is 2.74. The number of aromatic nitrogens is 3. The van der Waals surface area contributed by atoms with Gasteiger partial charge in [0.15, 0.2) is 0 Å². The first-order valence-electron chi connectivity index (χ1n) is 9.87. The molecule has 2 fully saturated rings. The normalized spacial score (nSPS) is 17.8. The number of rotatable bonds is 3. The lowest BCUT2D eigenvalue weighted by molar-refractivity contribution is -0.129. The van der Waals surface area contributed by atoms with Gasteiger partial charge in [-0.05, 0) is 19.1 Å². The lowest BCUT2D eigenvalue weighted by Gasteiger charge is -2.37. The number of hydrogen-bond acceptors (Lipinski definition) is 7. The topological polar surface area (TPSA) is 68.7 Å². The van der Waals surface area contributed by atoms with Crippen LogP contribution >= 0.6 is 0 Å². The Labute approximate surface area is 165 Å². The van der Waals surface area contributed by atoms with E-state index in [1.54, 1.807) is 6.92 Å². The molecule has 1 amide bonds. The first-order chi connectivity index (χ1) is 13.6. The van der Waals surface area contributed by atoms with Gasteiger partial charge in [-0.3, -0.25) is 4.79 Å². The van der Waals surface area contributed by atoms with Crippen LogP contribution in [0.25, 0.3) is 0 Å². The van der Waals surface area contributed by atoms with Gasteiger partial charge >= 0.3 is 0 Å². The Hall–Kier alpha value is -2.90. The fourth-order valence-electron chi connectivity index (χ4n) is 3.77. The van der Waals surface area contributed by atoms with Crippen LogP contribution in [0.1, 0.15) is 12.6 Å². The van der Waals surface area contributed by atoms with Gasteiger partial charge in [0.2, 0.25) is 11.9 Å². The summed E-state index contributed by atoms with van der Waals surface area (Å²) in [5.41, 5.74) is 0.973. The molecule has 148 valence electrons. The van der Waals surface area contributed by atoms with E-state index in [-0.39, 0.29) is 5.91 Å². The molecule has 28 heavy (non-hydrogen) atoms. The molecule has 2 aliphatic rings. The van der Waals surface area contributed by atoms with Gasteiger partial charge in [0.25, 0.3) is 0 Å². The van der Waals surface area contributed by atoms with Gasteiger partial charge in [0, 0.05) is 77.2 Å². The first-order valence-corrected chi connectivity index (χ1v) is 9.87. The Bertz CT molecular complexity index is 813. The second kappa shape index (κ2) is 8.00. The zero-order valence-electron chi connectivity index (χ0n) is 16.6. The number of amides is 1. The Balaban J connectivity index is 1.43. The van der Waals surface area contributed by atoms with Gasteiger partial charge in [-0.2, -0.15) is 4.98 Å². The van der Waals surface area contributed by atoms with Crippen molar-refractivity contribution in [3.05, 3.63) is 36.2 Å². The van der Waals surface area contributed by atoms with Crippen molar-refractivity contribution < 1.29 is 4.79 Å². The average molecular weight is 381 g/mol. The number of carbonyl (C=O) groups is 1. The molecule has 0 atom stereocenters. The van der Waals surface area contributed by atoms with Gasteiger partial charge in [0.1, 0.15) is 11.6 Å². The number of nitrogens with zero attached hydrogens (tertiary/aromatic N) is 7. The van der Waals surface area contributed by atoms with Crippen molar-refractivity contribution in [2.75, 3.05) is 67.1 Å². The molecule has 4 rings (SSSR count). The van der Waals surface area contributed by atoms with Crippen molar-refractivity contribution in [3.63, 3.8) is 0 Å². The zero-order valence-corrected chi connectivity index (χ0v) is 16.6. The fourth-order valence-corrected chi connectivity index (χ4v) is 3.77. The van der Waals surface area contributed by atoms with Crippen molar-refractivity contribution >= 4 is 23.5 Å². The molecule has 2 saturated heterocycles. The fraction of sp³-hybridized carbons (Fsp3) is 0.500. The summed E-state index contributed by atoms with van der Waals surface area (Å²) in [6.45, 7) is 10.3. The minimum Gasteiger partial charge on any atom is -0.353 e. The summed E-state index contributed by atoms with van der Waals surface area (Å²) < 4.78 is 0. The van der Waals surface area contributed by atoms with E-state index in [2.05, 4.69) is 30.7 Å². The van der Waals surface area contributed by atoms with E-state index in [4.69, 9.17) is 4.98 Å². The van der Waals surface area contributed by atoms with Crippen molar-refractivity contribution in [2.24, 2.45) is 0 Å². The van der Waals surface area contributed by atoms with Crippen LogP contribution < -0.4 is 14.7 Å². The van der Waals surface area contributed by atoms with E-state index >= 15 is 0 Å². The third-order valence-corrected chi connectivity index (χ3v) is 5.41. The van der Waals surface area contributed by atoms with E-state index in [0.29, 0.717) is 0 Å². The molecule has 0 aromatic carbocycles. The van der Waals surface area contributed by atoms with Crippen molar-refractivity contribution in [1.82, 2.24) is 19.9 Å². The largest absolute Gasteiger partial charge is 0.353 e. The van der Waals surface area contributed by atoms with Crippen LogP contribution in [0.15, 0.2) is 30.5 Å². The van der Waals surface area contributed by atoms with Crippen LogP contribution in [0, 0.1) is 6.92 Å². The van der Waals surface area contributed by atoms with E-state index < -0.39 is 0 Å². The number of piperazine rings is 2. The molecule has 2 aromatic heterocycles. The van der Waals surface area contributed by atoms with Crippen LogP contribution in [0.3, 0.4) is 0 Å². The number of aryl methyl sites for hydroxylation is 1. The molecule has 2 aliphatic heterocycles. The molecule has 0 saturated carbocycles. The van der Waals surface area contributed by atoms with E-state index in [1.165, 1.54) is 0 Å². The molecule has 0 aliphatic carbocycles. The maximum Gasteiger partial charge on any atom is 0.227 e. The number of carbonyl (C=O) groups excluding carboxylic acids is 1. The standard InChI is InChI=1S/C20H27N7O/c1-16-15-19(26-9-7-24(8-10-26)17(2)28)23-20(22-16)27-13-11-25(12-14-27)18-5-3-4-6-21-18/h3-6,15H,7-14H2,1-2H3. The van der Waals surface area contributed by atoms with Crippen LogP contribution in [0.5, 0.6) is 0 Å². The molecule has 4 heterocycles. The minimum absolute atomic E-state index is 0.144. The summed E-state index contributed by atoms with van der Waals surface area (Å²) in [4.78, 5) is 34.2. The molecule has 8 heteroatoms. The van der Waals surface area contributed by atoms with Crippen molar-refractivity contribution in [3.8, 4) is 0 Å². The van der Waals surface area contributed by atoms with Crippen LogP contribution in [-0.2, 0) is 4.79 Å². The highest BCUT2D eigenvalue weighted by molar-refractivity contribution is 5.73. The Morgan fingerprint density at radius 2 is 1.50 bits per heavy atom. The Kier molecular flexibility index (Phi) is 5.27.